The number of rotatable bonds is 6. The van der Waals surface area contributed by atoms with Gasteiger partial charge in [-0.25, -0.2) is 4.99 Å². The molecule has 7 heteroatoms. The van der Waals surface area contributed by atoms with E-state index in [1.54, 1.807) is 30.6 Å². The first-order valence-electron chi connectivity index (χ1n) is 8.13. The van der Waals surface area contributed by atoms with Crippen LogP contribution in [0.15, 0.2) is 29.3 Å². The van der Waals surface area contributed by atoms with E-state index >= 15 is 0 Å². The summed E-state index contributed by atoms with van der Waals surface area (Å²) in [6.07, 6.45) is 0. The van der Waals surface area contributed by atoms with E-state index in [9.17, 15) is 10.5 Å². The van der Waals surface area contributed by atoms with Crippen LogP contribution >= 0.6 is 23.5 Å². The topological polar surface area (TPSA) is 95.2 Å². The lowest BCUT2D eigenvalue weighted by Crippen LogP contribution is -2.31. The van der Waals surface area contributed by atoms with Crippen LogP contribution in [-0.2, 0) is 0 Å². The van der Waals surface area contributed by atoms with Gasteiger partial charge in [0.2, 0.25) is 0 Å². The Labute approximate surface area is 156 Å². The summed E-state index contributed by atoms with van der Waals surface area (Å²) in [6.45, 7) is 4.07. The molecule has 3 atom stereocenters. The summed E-state index contributed by atoms with van der Waals surface area (Å²) in [5, 5.41) is 20.3. The minimum atomic E-state index is -1.07. The smallest absolute Gasteiger partial charge is 0.175 e. The standard InChI is InChI=1S/C18H20N4OS2/c1-4-24-18(25-5-2)17(11-20)14(16(17,10-19)15(21)22-18)12-7-6-8-13(9-12)23-3/h6-9,14H,4-5H2,1-3H3,(H2,21,22)/t14-,16+,17+/m1/s1. The highest BCUT2D eigenvalue weighted by Gasteiger charge is 2.91. The SMILES string of the molecule is CCSC1(SCC)N=C(N)[C@]2(C#N)[C@@H](c3cccc(OC)c3)[C@]12C#N. The summed E-state index contributed by atoms with van der Waals surface area (Å²) in [7, 11) is 1.60. The molecule has 0 unspecified atom stereocenters. The number of hydrogen-bond donors (Lipinski definition) is 1. The zero-order valence-corrected chi connectivity index (χ0v) is 16.1. The molecule has 1 aliphatic heterocycles. The molecule has 1 heterocycles. The molecule has 0 radical (unpaired) electrons. The molecule has 2 N–H and O–H groups in total. The van der Waals surface area contributed by atoms with E-state index in [0.717, 1.165) is 17.1 Å². The Kier molecular flexibility index (Phi) is 4.43. The van der Waals surface area contributed by atoms with E-state index in [0.29, 0.717) is 5.75 Å². The van der Waals surface area contributed by atoms with Gasteiger partial charge in [-0.2, -0.15) is 10.5 Å². The Bertz CT molecular complexity index is 806. The number of methoxy groups -OCH3 is 1. The fourth-order valence-electron chi connectivity index (χ4n) is 4.07. The van der Waals surface area contributed by atoms with Crippen molar-refractivity contribution in [1.82, 2.24) is 0 Å². The minimum Gasteiger partial charge on any atom is -0.497 e. The van der Waals surface area contributed by atoms with Gasteiger partial charge in [0, 0.05) is 5.92 Å². The molecule has 0 amide bonds. The molecule has 5 nitrogen and oxygen atoms in total. The van der Waals surface area contributed by atoms with E-state index < -0.39 is 15.0 Å². The summed E-state index contributed by atoms with van der Waals surface area (Å²) in [5.74, 6) is 2.27. The van der Waals surface area contributed by atoms with Gasteiger partial charge in [-0.3, -0.25) is 0 Å². The number of fused-ring (bicyclic) bond motifs is 1. The molecular formula is C18H20N4OS2. The number of thioether (sulfide) groups is 2. The molecule has 0 bridgehead atoms. The average molecular weight is 373 g/mol. The fraction of sp³-hybridized carbons (Fsp3) is 0.500. The Morgan fingerprint density at radius 3 is 2.44 bits per heavy atom. The third kappa shape index (κ3) is 2.00. The van der Waals surface area contributed by atoms with Crippen LogP contribution in [0.1, 0.15) is 25.3 Å². The van der Waals surface area contributed by atoms with Crippen molar-refractivity contribution in [2.75, 3.05) is 18.6 Å². The fourth-order valence-corrected chi connectivity index (χ4v) is 7.32. The number of ether oxygens (including phenoxy) is 1. The van der Waals surface area contributed by atoms with Gasteiger partial charge in [0.15, 0.2) is 4.20 Å². The lowest BCUT2D eigenvalue weighted by Gasteiger charge is -2.31. The van der Waals surface area contributed by atoms with Crippen molar-refractivity contribution in [2.24, 2.45) is 21.6 Å². The van der Waals surface area contributed by atoms with Crippen molar-refractivity contribution in [3.8, 4) is 17.9 Å². The molecule has 130 valence electrons. The monoisotopic (exact) mass is 372 g/mol. The number of benzene rings is 1. The van der Waals surface area contributed by atoms with Crippen LogP contribution in [0.3, 0.4) is 0 Å². The number of amidine groups is 1. The number of hydrogen-bond acceptors (Lipinski definition) is 7. The van der Waals surface area contributed by atoms with Gasteiger partial charge in [-0.05, 0) is 29.2 Å². The summed E-state index contributed by atoms with van der Waals surface area (Å²) in [5.41, 5.74) is 5.14. The van der Waals surface area contributed by atoms with Crippen LogP contribution in [0.4, 0.5) is 0 Å². The molecule has 1 aromatic rings. The van der Waals surface area contributed by atoms with E-state index in [1.165, 1.54) is 0 Å². The van der Waals surface area contributed by atoms with Crippen molar-refractivity contribution in [3.63, 3.8) is 0 Å². The molecule has 1 saturated carbocycles. The van der Waals surface area contributed by atoms with Crippen molar-refractivity contribution in [1.29, 1.82) is 10.5 Å². The molecular weight excluding hydrogens is 352 g/mol. The second-order valence-electron chi connectivity index (χ2n) is 5.99. The maximum atomic E-state index is 10.2. The number of nitrogens with two attached hydrogens (primary N) is 1. The zero-order valence-electron chi connectivity index (χ0n) is 14.4. The highest BCUT2D eigenvalue weighted by molar-refractivity contribution is 8.18. The molecule has 0 saturated heterocycles. The maximum absolute atomic E-state index is 10.2. The minimum absolute atomic E-state index is 0.284. The van der Waals surface area contributed by atoms with Crippen LogP contribution in [0.25, 0.3) is 0 Å². The number of nitrogens with zero attached hydrogens (tertiary/aromatic N) is 3. The molecule has 3 rings (SSSR count). The van der Waals surface area contributed by atoms with E-state index in [1.807, 2.05) is 38.1 Å². The van der Waals surface area contributed by atoms with E-state index in [-0.39, 0.29) is 11.8 Å². The molecule has 0 spiro atoms. The average Bonchev–Trinajstić information content (AvgIpc) is 3.21. The molecule has 2 aliphatic rings. The predicted octanol–water partition coefficient (Wildman–Crippen LogP) is 3.34. The van der Waals surface area contributed by atoms with Crippen LogP contribution in [0.2, 0.25) is 0 Å². The van der Waals surface area contributed by atoms with Gasteiger partial charge >= 0.3 is 0 Å². The summed E-state index contributed by atoms with van der Waals surface area (Å²) >= 11 is 3.20. The van der Waals surface area contributed by atoms with E-state index in [2.05, 4.69) is 17.1 Å². The van der Waals surface area contributed by atoms with Crippen molar-refractivity contribution >= 4 is 29.4 Å². The number of aliphatic imine (C=N–C) groups is 1. The molecule has 1 fully saturated rings. The Morgan fingerprint density at radius 1 is 1.24 bits per heavy atom. The first kappa shape index (κ1) is 18.0. The Balaban J connectivity index is 2.21. The summed E-state index contributed by atoms with van der Waals surface area (Å²) in [6, 6.07) is 12.4. The third-order valence-corrected chi connectivity index (χ3v) is 7.93. The first-order valence-corrected chi connectivity index (χ1v) is 10.1. The highest BCUT2D eigenvalue weighted by Crippen LogP contribution is 2.85. The van der Waals surface area contributed by atoms with Crippen molar-refractivity contribution in [2.45, 2.75) is 24.0 Å². The maximum Gasteiger partial charge on any atom is 0.175 e. The van der Waals surface area contributed by atoms with Crippen LogP contribution in [-0.4, -0.2) is 28.7 Å². The Hall–Kier alpha value is -1.83. The highest BCUT2D eigenvalue weighted by atomic mass is 32.2. The van der Waals surface area contributed by atoms with Crippen molar-refractivity contribution in [3.05, 3.63) is 29.8 Å². The lowest BCUT2D eigenvalue weighted by molar-refractivity contribution is 0.414. The Morgan fingerprint density at radius 2 is 1.92 bits per heavy atom. The molecule has 1 aliphatic carbocycles. The predicted molar refractivity (Wildman–Crippen MR) is 102 cm³/mol. The van der Waals surface area contributed by atoms with Crippen LogP contribution < -0.4 is 10.5 Å². The summed E-state index contributed by atoms with van der Waals surface area (Å²) in [4.78, 5) is 4.68. The largest absolute Gasteiger partial charge is 0.497 e. The second-order valence-corrected chi connectivity index (χ2v) is 9.17. The van der Waals surface area contributed by atoms with Crippen LogP contribution in [0.5, 0.6) is 5.75 Å². The van der Waals surface area contributed by atoms with Gasteiger partial charge in [-0.1, -0.05) is 26.0 Å². The van der Waals surface area contributed by atoms with Gasteiger partial charge in [0.05, 0.1) is 19.2 Å². The second kappa shape index (κ2) is 6.16. The van der Waals surface area contributed by atoms with Gasteiger partial charge < -0.3 is 10.5 Å². The summed E-state index contributed by atoms with van der Waals surface area (Å²) < 4.78 is 4.57. The van der Waals surface area contributed by atoms with Gasteiger partial charge in [-0.15, -0.1) is 23.5 Å². The zero-order chi connectivity index (χ0) is 18.3. The van der Waals surface area contributed by atoms with Crippen LogP contribution in [0, 0.1) is 33.5 Å². The van der Waals surface area contributed by atoms with Crippen molar-refractivity contribution < 1.29 is 4.74 Å². The normalized spacial score (nSPS) is 31.4. The molecule has 25 heavy (non-hydrogen) atoms. The molecule has 0 aromatic heterocycles. The molecule has 1 aromatic carbocycles. The quantitative estimate of drug-likeness (QED) is 0.770. The van der Waals surface area contributed by atoms with Gasteiger partial charge in [0.25, 0.3) is 0 Å². The lowest BCUT2D eigenvalue weighted by atomic mass is 9.97. The number of nitriles is 2. The van der Waals surface area contributed by atoms with Gasteiger partial charge in [0.1, 0.15) is 22.4 Å². The third-order valence-electron chi connectivity index (χ3n) is 5.03. The first-order chi connectivity index (χ1) is 12.0. The van der Waals surface area contributed by atoms with E-state index in [4.69, 9.17) is 10.5 Å².